The Hall–Kier alpha value is -1.99. The average molecular weight is 313 g/mol. The SMILES string of the molecule is CC(C)(C)OC(=O)C(C(O)C(=O)O)C(N)c1cccc(F)c1. The first kappa shape index (κ1) is 18.1. The third kappa shape index (κ3) is 4.78. The fraction of sp³-hybridized carbons (Fsp3) is 0.467. The van der Waals surface area contributed by atoms with Gasteiger partial charge in [0.25, 0.3) is 0 Å². The Morgan fingerprint density at radius 2 is 1.91 bits per heavy atom. The van der Waals surface area contributed by atoms with Crippen molar-refractivity contribution in [1.29, 1.82) is 0 Å². The minimum absolute atomic E-state index is 0.191. The van der Waals surface area contributed by atoms with Crippen LogP contribution in [0.3, 0.4) is 0 Å². The van der Waals surface area contributed by atoms with Crippen LogP contribution in [0.25, 0.3) is 0 Å². The van der Waals surface area contributed by atoms with Crippen LogP contribution in [0, 0.1) is 11.7 Å². The lowest BCUT2D eigenvalue weighted by molar-refractivity contribution is -0.172. The van der Waals surface area contributed by atoms with Gasteiger partial charge < -0.3 is 20.7 Å². The van der Waals surface area contributed by atoms with Crippen molar-refractivity contribution in [2.45, 2.75) is 38.5 Å². The summed E-state index contributed by atoms with van der Waals surface area (Å²) in [6, 6.07) is 3.86. The minimum Gasteiger partial charge on any atom is -0.479 e. The van der Waals surface area contributed by atoms with Crippen molar-refractivity contribution in [3.8, 4) is 0 Å². The summed E-state index contributed by atoms with van der Waals surface area (Å²) in [6.45, 7) is 4.80. The number of hydrogen-bond donors (Lipinski definition) is 3. The Morgan fingerprint density at radius 1 is 1.32 bits per heavy atom. The first-order valence-electron chi connectivity index (χ1n) is 6.67. The number of halogens is 1. The second kappa shape index (κ2) is 6.85. The van der Waals surface area contributed by atoms with Crippen molar-refractivity contribution in [3.05, 3.63) is 35.6 Å². The van der Waals surface area contributed by atoms with E-state index in [1.54, 1.807) is 20.8 Å². The largest absolute Gasteiger partial charge is 0.479 e. The zero-order chi connectivity index (χ0) is 17.1. The topological polar surface area (TPSA) is 110 Å². The van der Waals surface area contributed by atoms with Gasteiger partial charge in [0.15, 0.2) is 6.10 Å². The summed E-state index contributed by atoms with van der Waals surface area (Å²) in [5.41, 5.74) is 5.19. The summed E-state index contributed by atoms with van der Waals surface area (Å²) in [5.74, 6) is -4.71. The number of aliphatic hydroxyl groups excluding tert-OH is 1. The lowest BCUT2D eigenvalue weighted by atomic mass is 9.88. The van der Waals surface area contributed by atoms with Crippen molar-refractivity contribution in [1.82, 2.24) is 0 Å². The normalized spacial score (nSPS) is 15.7. The lowest BCUT2D eigenvalue weighted by Gasteiger charge is -2.28. The molecule has 3 unspecified atom stereocenters. The van der Waals surface area contributed by atoms with Gasteiger partial charge in [0, 0.05) is 6.04 Å². The summed E-state index contributed by atoms with van der Waals surface area (Å²) in [4.78, 5) is 23.2. The van der Waals surface area contributed by atoms with Crippen LogP contribution in [0.1, 0.15) is 32.4 Å². The van der Waals surface area contributed by atoms with E-state index in [0.717, 1.165) is 6.07 Å². The molecule has 0 aliphatic rings. The average Bonchev–Trinajstić information content (AvgIpc) is 2.36. The fourth-order valence-corrected chi connectivity index (χ4v) is 1.92. The molecular weight excluding hydrogens is 293 g/mol. The molecule has 6 nitrogen and oxygen atoms in total. The van der Waals surface area contributed by atoms with Gasteiger partial charge in [-0.25, -0.2) is 9.18 Å². The maximum atomic E-state index is 13.3. The number of benzene rings is 1. The molecule has 0 bridgehead atoms. The highest BCUT2D eigenvalue weighted by Gasteiger charge is 2.40. The van der Waals surface area contributed by atoms with E-state index in [1.165, 1.54) is 18.2 Å². The molecule has 0 fully saturated rings. The Morgan fingerprint density at radius 3 is 2.36 bits per heavy atom. The van der Waals surface area contributed by atoms with Crippen LogP contribution in [-0.4, -0.2) is 33.9 Å². The standard InChI is InChI=1S/C15H20FNO5/c1-15(2,3)22-14(21)10(12(18)13(19)20)11(17)8-5-4-6-9(16)7-8/h4-7,10-12,18H,17H2,1-3H3,(H,19,20). The van der Waals surface area contributed by atoms with Crippen molar-refractivity contribution >= 4 is 11.9 Å². The number of esters is 1. The van der Waals surface area contributed by atoms with Crippen LogP contribution in [0.15, 0.2) is 24.3 Å². The van der Waals surface area contributed by atoms with Gasteiger partial charge in [-0.05, 0) is 38.5 Å². The number of carboxylic acid groups (broad SMARTS) is 1. The van der Waals surface area contributed by atoms with Crippen LogP contribution in [0.5, 0.6) is 0 Å². The van der Waals surface area contributed by atoms with Gasteiger partial charge in [-0.2, -0.15) is 0 Å². The van der Waals surface area contributed by atoms with E-state index in [4.69, 9.17) is 15.6 Å². The quantitative estimate of drug-likeness (QED) is 0.705. The molecule has 0 aromatic heterocycles. The van der Waals surface area contributed by atoms with Gasteiger partial charge in [0.05, 0.1) is 0 Å². The second-order valence-corrected chi connectivity index (χ2v) is 5.92. The molecule has 0 saturated heterocycles. The maximum absolute atomic E-state index is 13.3. The zero-order valence-corrected chi connectivity index (χ0v) is 12.6. The number of aliphatic hydroxyl groups is 1. The van der Waals surface area contributed by atoms with Gasteiger partial charge >= 0.3 is 11.9 Å². The molecule has 0 amide bonds. The Balaban J connectivity index is 3.14. The lowest BCUT2D eigenvalue weighted by Crippen LogP contribution is -2.44. The van der Waals surface area contributed by atoms with Gasteiger partial charge in [0.2, 0.25) is 0 Å². The van der Waals surface area contributed by atoms with Crippen molar-refractivity contribution in [2.75, 3.05) is 0 Å². The second-order valence-electron chi connectivity index (χ2n) is 5.92. The van der Waals surface area contributed by atoms with E-state index in [1.807, 2.05) is 0 Å². The summed E-state index contributed by atoms with van der Waals surface area (Å²) in [6.07, 6.45) is -2.06. The number of ether oxygens (including phenoxy) is 1. The van der Waals surface area contributed by atoms with Crippen LogP contribution in [0.4, 0.5) is 4.39 Å². The predicted molar refractivity (Wildman–Crippen MR) is 76.3 cm³/mol. The van der Waals surface area contributed by atoms with Crippen molar-refractivity contribution in [2.24, 2.45) is 11.7 Å². The van der Waals surface area contributed by atoms with E-state index >= 15 is 0 Å². The Bertz CT molecular complexity index is 555. The number of carboxylic acids is 1. The highest BCUT2D eigenvalue weighted by molar-refractivity contribution is 5.83. The molecule has 7 heteroatoms. The molecule has 3 atom stereocenters. The molecule has 0 radical (unpaired) electrons. The highest BCUT2D eigenvalue weighted by atomic mass is 19.1. The molecule has 1 rings (SSSR count). The van der Waals surface area contributed by atoms with E-state index < -0.39 is 41.4 Å². The van der Waals surface area contributed by atoms with Gasteiger partial charge in [0.1, 0.15) is 17.3 Å². The minimum atomic E-state index is -2.06. The smallest absolute Gasteiger partial charge is 0.333 e. The van der Waals surface area contributed by atoms with E-state index in [9.17, 15) is 19.1 Å². The first-order chi connectivity index (χ1) is 10.0. The molecule has 0 heterocycles. The molecule has 0 aliphatic carbocycles. The summed E-state index contributed by atoms with van der Waals surface area (Å²) >= 11 is 0. The number of carbonyl (C=O) groups excluding carboxylic acids is 1. The molecule has 0 aliphatic heterocycles. The first-order valence-corrected chi connectivity index (χ1v) is 6.67. The third-order valence-electron chi connectivity index (χ3n) is 2.89. The van der Waals surface area contributed by atoms with E-state index in [2.05, 4.69) is 0 Å². The van der Waals surface area contributed by atoms with Crippen LogP contribution in [0.2, 0.25) is 0 Å². The van der Waals surface area contributed by atoms with Crippen molar-refractivity contribution < 1.29 is 28.9 Å². The monoisotopic (exact) mass is 313 g/mol. The number of aliphatic carboxylic acids is 1. The summed E-state index contributed by atoms with van der Waals surface area (Å²) in [5, 5.41) is 18.7. The van der Waals surface area contributed by atoms with E-state index in [-0.39, 0.29) is 5.56 Å². The molecule has 4 N–H and O–H groups in total. The van der Waals surface area contributed by atoms with E-state index in [0.29, 0.717) is 0 Å². The highest BCUT2D eigenvalue weighted by Crippen LogP contribution is 2.26. The van der Waals surface area contributed by atoms with Crippen molar-refractivity contribution in [3.63, 3.8) is 0 Å². The predicted octanol–water partition coefficient (Wildman–Crippen LogP) is 1.23. The molecule has 1 aromatic carbocycles. The Labute approximate surface area is 127 Å². The number of hydrogen-bond acceptors (Lipinski definition) is 5. The molecule has 122 valence electrons. The molecule has 0 spiro atoms. The molecule has 22 heavy (non-hydrogen) atoms. The number of rotatable bonds is 5. The summed E-state index contributed by atoms with van der Waals surface area (Å²) in [7, 11) is 0. The van der Waals surface area contributed by atoms with Gasteiger partial charge in [-0.1, -0.05) is 12.1 Å². The van der Waals surface area contributed by atoms with Crippen LogP contribution in [-0.2, 0) is 14.3 Å². The van der Waals surface area contributed by atoms with Crippen LogP contribution >= 0.6 is 0 Å². The third-order valence-corrected chi connectivity index (χ3v) is 2.89. The zero-order valence-electron chi connectivity index (χ0n) is 12.6. The van der Waals surface area contributed by atoms with Gasteiger partial charge in [-0.15, -0.1) is 0 Å². The fourth-order valence-electron chi connectivity index (χ4n) is 1.92. The van der Waals surface area contributed by atoms with Crippen LogP contribution < -0.4 is 5.73 Å². The number of carbonyl (C=O) groups is 2. The molecule has 0 saturated carbocycles. The number of nitrogens with two attached hydrogens (primary N) is 1. The van der Waals surface area contributed by atoms with Gasteiger partial charge in [-0.3, -0.25) is 4.79 Å². The molecule has 1 aromatic rings. The maximum Gasteiger partial charge on any atom is 0.333 e. The summed E-state index contributed by atoms with van der Waals surface area (Å²) < 4.78 is 18.4. The molecular formula is C15H20FNO5. The Kier molecular flexibility index (Phi) is 5.62.